The maximum absolute atomic E-state index is 12.1. The number of methoxy groups -OCH3 is 1. The molecule has 0 aliphatic carbocycles. The topological polar surface area (TPSA) is 66.8 Å². The largest absolute Gasteiger partial charge is 0.481 e. The third-order valence-electron chi connectivity index (χ3n) is 4.50. The lowest BCUT2D eigenvalue weighted by atomic mass is 9.82. The number of rotatable bonds is 2. The van der Waals surface area contributed by atoms with Gasteiger partial charge in [0.25, 0.3) is 0 Å². The van der Waals surface area contributed by atoms with E-state index in [4.69, 9.17) is 4.74 Å². The van der Waals surface area contributed by atoms with Crippen LogP contribution in [0.2, 0.25) is 0 Å². The van der Waals surface area contributed by atoms with E-state index in [1.54, 1.807) is 4.90 Å². The molecule has 1 heterocycles. The van der Waals surface area contributed by atoms with Crippen LogP contribution in [0.3, 0.4) is 0 Å². The second-order valence-electron chi connectivity index (χ2n) is 7.11. The number of hydrogen-bond acceptors (Lipinski definition) is 3. The summed E-state index contributed by atoms with van der Waals surface area (Å²) < 4.78 is 4.87. The number of nitrogens with zero attached hydrogens (tertiary/aromatic N) is 1. The summed E-state index contributed by atoms with van der Waals surface area (Å²) in [5.74, 6) is -1.23. The van der Waals surface area contributed by atoms with Gasteiger partial charge < -0.3 is 14.7 Å². The summed E-state index contributed by atoms with van der Waals surface area (Å²) in [7, 11) is 1.36. The van der Waals surface area contributed by atoms with E-state index in [9.17, 15) is 14.7 Å². The molecule has 1 aliphatic heterocycles. The van der Waals surface area contributed by atoms with E-state index in [0.29, 0.717) is 19.4 Å². The summed E-state index contributed by atoms with van der Waals surface area (Å²) >= 11 is 0. The number of carboxylic acids is 1. The molecule has 1 fully saturated rings. The first-order valence-electron chi connectivity index (χ1n) is 7.92. The Balaban J connectivity index is 2.37. The molecule has 1 aliphatic rings. The van der Waals surface area contributed by atoms with Crippen molar-refractivity contribution in [1.29, 1.82) is 0 Å². The van der Waals surface area contributed by atoms with Gasteiger partial charge in [-0.15, -0.1) is 0 Å². The Bertz CT molecular complexity index is 591. The molecule has 1 N–H and O–H groups in total. The highest BCUT2D eigenvalue weighted by atomic mass is 16.5. The minimum atomic E-state index is -0.800. The van der Waals surface area contributed by atoms with Crippen molar-refractivity contribution in [3.63, 3.8) is 0 Å². The van der Waals surface area contributed by atoms with Gasteiger partial charge in [0.05, 0.1) is 19.1 Å². The summed E-state index contributed by atoms with van der Waals surface area (Å²) in [4.78, 5) is 25.1. The summed E-state index contributed by atoms with van der Waals surface area (Å²) in [6.07, 6.45) is 0.470. The van der Waals surface area contributed by atoms with Crippen molar-refractivity contribution in [2.75, 3.05) is 13.7 Å². The number of carboxylic acid groups (broad SMARTS) is 1. The van der Waals surface area contributed by atoms with Crippen LogP contribution in [0.5, 0.6) is 0 Å². The van der Waals surface area contributed by atoms with Crippen LogP contribution in [0.15, 0.2) is 24.3 Å². The minimum Gasteiger partial charge on any atom is -0.481 e. The molecule has 5 heteroatoms. The van der Waals surface area contributed by atoms with E-state index >= 15 is 0 Å². The van der Waals surface area contributed by atoms with Crippen molar-refractivity contribution in [1.82, 2.24) is 4.90 Å². The van der Waals surface area contributed by atoms with Crippen LogP contribution in [0.4, 0.5) is 4.79 Å². The van der Waals surface area contributed by atoms with Gasteiger partial charge in [0, 0.05) is 6.54 Å². The lowest BCUT2D eigenvalue weighted by Gasteiger charge is -2.38. The smallest absolute Gasteiger partial charge is 0.409 e. The van der Waals surface area contributed by atoms with Gasteiger partial charge in [-0.3, -0.25) is 4.79 Å². The number of carbonyl (C=O) groups excluding carboxylic acids is 1. The van der Waals surface area contributed by atoms with Gasteiger partial charge in [-0.1, -0.05) is 45.0 Å². The number of hydrogen-bond donors (Lipinski definition) is 1. The van der Waals surface area contributed by atoms with Crippen molar-refractivity contribution in [3.05, 3.63) is 35.4 Å². The summed E-state index contributed by atoms with van der Waals surface area (Å²) in [6, 6.07) is 7.80. The average molecular weight is 319 g/mol. The molecule has 0 radical (unpaired) electrons. The Kier molecular flexibility index (Phi) is 4.97. The molecule has 2 rings (SSSR count). The molecular formula is C18H25NO4. The first-order chi connectivity index (χ1) is 10.7. The summed E-state index contributed by atoms with van der Waals surface area (Å²) in [6.45, 7) is 6.79. The SMILES string of the molecule is COC(=O)N1CCC(C(=O)O)CC1c1cccc(C(C)(C)C)c1. The number of amides is 1. The molecule has 23 heavy (non-hydrogen) atoms. The summed E-state index contributed by atoms with van der Waals surface area (Å²) in [5.41, 5.74) is 2.12. The highest BCUT2D eigenvalue weighted by Gasteiger charge is 2.36. The van der Waals surface area contributed by atoms with Crippen LogP contribution in [0.1, 0.15) is 50.8 Å². The molecule has 2 unspecified atom stereocenters. The third-order valence-corrected chi connectivity index (χ3v) is 4.50. The number of aliphatic carboxylic acids is 1. The van der Waals surface area contributed by atoms with Gasteiger partial charge in [0.15, 0.2) is 0 Å². The molecule has 1 aromatic rings. The third kappa shape index (κ3) is 3.84. The van der Waals surface area contributed by atoms with E-state index in [1.807, 2.05) is 12.1 Å². The van der Waals surface area contributed by atoms with Gasteiger partial charge in [0.2, 0.25) is 0 Å². The van der Waals surface area contributed by atoms with Crippen molar-refractivity contribution in [2.45, 2.75) is 45.1 Å². The van der Waals surface area contributed by atoms with Crippen molar-refractivity contribution in [2.24, 2.45) is 5.92 Å². The van der Waals surface area contributed by atoms with Crippen LogP contribution in [0, 0.1) is 5.92 Å². The fourth-order valence-corrected chi connectivity index (χ4v) is 3.05. The fraction of sp³-hybridized carbons (Fsp3) is 0.556. The average Bonchev–Trinajstić information content (AvgIpc) is 2.52. The molecule has 1 aromatic carbocycles. The standard InChI is InChI=1S/C18H25NO4/c1-18(2,3)14-7-5-6-12(10-14)15-11-13(16(20)21)8-9-19(15)17(22)23-4/h5-7,10,13,15H,8-9,11H2,1-4H3,(H,20,21). The normalized spacial score (nSPS) is 21.8. The number of ether oxygens (including phenoxy) is 1. The minimum absolute atomic E-state index is 0.00697. The number of carbonyl (C=O) groups is 2. The molecular weight excluding hydrogens is 294 g/mol. The van der Waals surface area contributed by atoms with Crippen LogP contribution < -0.4 is 0 Å². The van der Waals surface area contributed by atoms with Gasteiger partial charge in [0.1, 0.15) is 0 Å². The molecule has 5 nitrogen and oxygen atoms in total. The van der Waals surface area contributed by atoms with Crippen molar-refractivity contribution < 1.29 is 19.4 Å². The molecule has 2 atom stereocenters. The maximum atomic E-state index is 12.1. The highest BCUT2D eigenvalue weighted by Crippen LogP contribution is 2.36. The fourth-order valence-electron chi connectivity index (χ4n) is 3.05. The monoisotopic (exact) mass is 319 g/mol. The van der Waals surface area contributed by atoms with Crippen molar-refractivity contribution in [3.8, 4) is 0 Å². The Morgan fingerprint density at radius 1 is 1.30 bits per heavy atom. The zero-order chi connectivity index (χ0) is 17.2. The van der Waals surface area contributed by atoms with E-state index in [-0.39, 0.29) is 11.5 Å². The quantitative estimate of drug-likeness (QED) is 0.904. The predicted molar refractivity (Wildman–Crippen MR) is 87.4 cm³/mol. The number of piperidine rings is 1. The van der Waals surface area contributed by atoms with Gasteiger partial charge in [-0.25, -0.2) is 4.79 Å². The highest BCUT2D eigenvalue weighted by molar-refractivity contribution is 5.72. The lowest BCUT2D eigenvalue weighted by molar-refractivity contribution is -0.144. The second-order valence-corrected chi connectivity index (χ2v) is 7.11. The van der Waals surface area contributed by atoms with Crippen LogP contribution in [0.25, 0.3) is 0 Å². The molecule has 1 saturated heterocycles. The molecule has 0 aromatic heterocycles. The Labute approximate surface area is 137 Å². The summed E-state index contributed by atoms with van der Waals surface area (Å²) in [5, 5.41) is 9.33. The first kappa shape index (κ1) is 17.3. The van der Waals surface area contributed by atoms with E-state index in [0.717, 1.165) is 11.1 Å². The van der Waals surface area contributed by atoms with Crippen LogP contribution in [-0.4, -0.2) is 35.7 Å². The van der Waals surface area contributed by atoms with Crippen LogP contribution >= 0.6 is 0 Å². The van der Waals surface area contributed by atoms with E-state index in [1.165, 1.54) is 7.11 Å². The van der Waals surface area contributed by atoms with E-state index < -0.39 is 18.0 Å². The molecule has 0 saturated carbocycles. The second kappa shape index (κ2) is 6.60. The van der Waals surface area contributed by atoms with Gasteiger partial charge >= 0.3 is 12.1 Å². The Morgan fingerprint density at radius 3 is 2.57 bits per heavy atom. The van der Waals surface area contributed by atoms with Crippen molar-refractivity contribution >= 4 is 12.1 Å². The molecule has 0 spiro atoms. The van der Waals surface area contributed by atoms with Gasteiger partial charge in [-0.05, 0) is 29.4 Å². The first-order valence-corrected chi connectivity index (χ1v) is 7.92. The number of likely N-dealkylation sites (tertiary alicyclic amines) is 1. The zero-order valence-electron chi connectivity index (χ0n) is 14.2. The molecule has 126 valence electrons. The lowest BCUT2D eigenvalue weighted by Crippen LogP contribution is -2.42. The molecule has 1 amide bonds. The van der Waals surface area contributed by atoms with Crippen LogP contribution in [-0.2, 0) is 14.9 Å². The van der Waals surface area contributed by atoms with E-state index in [2.05, 4.69) is 32.9 Å². The number of benzene rings is 1. The van der Waals surface area contributed by atoms with Gasteiger partial charge in [-0.2, -0.15) is 0 Å². The Morgan fingerprint density at radius 2 is 2.00 bits per heavy atom. The predicted octanol–water partition coefficient (Wildman–Crippen LogP) is 3.59. The molecule has 0 bridgehead atoms. The zero-order valence-corrected chi connectivity index (χ0v) is 14.2. The maximum Gasteiger partial charge on any atom is 0.409 e. The Hall–Kier alpha value is -2.04.